The smallest absolute Gasteiger partial charge is 0.359 e. The van der Waals surface area contributed by atoms with E-state index < -0.39 is 22.0 Å². The van der Waals surface area contributed by atoms with Gasteiger partial charge in [0.25, 0.3) is 0 Å². The van der Waals surface area contributed by atoms with Crippen molar-refractivity contribution in [3.8, 4) is 16.9 Å². The molecule has 9 nitrogen and oxygen atoms in total. The first-order valence-electron chi connectivity index (χ1n) is 9.43. The van der Waals surface area contributed by atoms with Crippen LogP contribution in [-0.4, -0.2) is 43.4 Å². The van der Waals surface area contributed by atoms with E-state index in [9.17, 15) is 18.0 Å². The fourth-order valence-electron chi connectivity index (χ4n) is 2.98. The monoisotopic (exact) mass is 443 g/mol. The van der Waals surface area contributed by atoms with Crippen molar-refractivity contribution in [2.45, 2.75) is 18.7 Å². The van der Waals surface area contributed by atoms with Gasteiger partial charge in [-0.1, -0.05) is 30.3 Å². The predicted molar refractivity (Wildman–Crippen MR) is 112 cm³/mol. The average Bonchev–Trinajstić information content (AvgIpc) is 3.15. The normalized spacial score (nSPS) is 11.2. The van der Waals surface area contributed by atoms with Crippen LogP contribution < -0.4 is 5.14 Å². The van der Waals surface area contributed by atoms with Crippen molar-refractivity contribution in [2.75, 3.05) is 13.2 Å². The number of benzene rings is 2. The van der Waals surface area contributed by atoms with Crippen molar-refractivity contribution in [2.24, 2.45) is 5.14 Å². The zero-order valence-corrected chi connectivity index (χ0v) is 17.8. The second-order valence-electron chi connectivity index (χ2n) is 6.33. The van der Waals surface area contributed by atoms with Gasteiger partial charge in [0.05, 0.1) is 29.5 Å². The molecule has 162 valence electrons. The van der Waals surface area contributed by atoms with Crippen LogP contribution in [0.4, 0.5) is 0 Å². The molecule has 3 aromatic rings. The molecule has 0 spiro atoms. The fourth-order valence-corrected chi connectivity index (χ4v) is 3.50. The van der Waals surface area contributed by atoms with Crippen LogP contribution in [0, 0.1) is 0 Å². The van der Waals surface area contributed by atoms with E-state index in [-0.39, 0.29) is 29.4 Å². The lowest BCUT2D eigenvalue weighted by molar-refractivity contribution is 0.0476. The summed E-state index contributed by atoms with van der Waals surface area (Å²) in [5.74, 6) is -1.50. The van der Waals surface area contributed by atoms with Crippen molar-refractivity contribution in [1.82, 2.24) is 9.78 Å². The molecule has 0 unspecified atom stereocenters. The second-order valence-corrected chi connectivity index (χ2v) is 7.89. The van der Waals surface area contributed by atoms with Gasteiger partial charge in [0, 0.05) is 5.56 Å². The average molecular weight is 443 g/mol. The van der Waals surface area contributed by atoms with E-state index in [1.165, 1.54) is 28.9 Å². The number of rotatable bonds is 7. The summed E-state index contributed by atoms with van der Waals surface area (Å²) in [6, 6.07) is 14.4. The summed E-state index contributed by atoms with van der Waals surface area (Å²) in [5, 5.41) is 9.50. The summed E-state index contributed by atoms with van der Waals surface area (Å²) in [7, 11) is -3.89. The van der Waals surface area contributed by atoms with Gasteiger partial charge in [-0.2, -0.15) is 5.10 Å². The maximum Gasteiger partial charge on any atom is 0.359 e. The summed E-state index contributed by atoms with van der Waals surface area (Å²) in [5.41, 5.74) is 1.08. The van der Waals surface area contributed by atoms with Gasteiger partial charge < -0.3 is 9.47 Å². The van der Waals surface area contributed by atoms with Crippen LogP contribution >= 0.6 is 0 Å². The van der Waals surface area contributed by atoms with Crippen molar-refractivity contribution >= 4 is 22.0 Å². The molecular weight excluding hydrogens is 422 g/mol. The summed E-state index contributed by atoms with van der Waals surface area (Å²) >= 11 is 0. The molecule has 0 aliphatic heterocycles. The lowest BCUT2D eigenvalue weighted by Crippen LogP contribution is -2.13. The van der Waals surface area contributed by atoms with Crippen LogP contribution in [0.3, 0.4) is 0 Å². The minimum absolute atomic E-state index is 0.0398. The highest BCUT2D eigenvalue weighted by Crippen LogP contribution is 2.31. The van der Waals surface area contributed by atoms with Crippen LogP contribution in [0.2, 0.25) is 0 Å². The van der Waals surface area contributed by atoms with Gasteiger partial charge in [-0.3, -0.25) is 0 Å². The van der Waals surface area contributed by atoms with Crippen molar-refractivity contribution in [1.29, 1.82) is 0 Å². The van der Waals surface area contributed by atoms with Crippen LogP contribution in [0.25, 0.3) is 16.9 Å². The first-order chi connectivity index (χ1) is 14.8. The molecular formula is C21H21N3O6S. The summed E-state index contributed by atoms with van der Waals surface area (Å²) < 4.78 is 34.8. The first-order valence-corrected chi connectivity index (χ1v) is 11.0. The highest BCUT2D eigenvalue weighted by Gasteiger charge is 2.31. The third-order valence-corrected chi connectivity index (χ3v) is 5.22. The zero-order chi connectivity index (χ0) is 22.6. The topological polar surface area (TPSA) is 131 Å². The number of ether oxygens (including phenoxy) is 2. The van der Waals surface area contributed by atoms with Gasteiger partial charge in [-0.05, 0) is 38.1 Å². The van der Waals surface area contributed by atoms with Gasteiger partial charge in [0.1, 0.15) is 5.56 Å². The number of sulfonamides is 1. The molecule has 0 aliphatic rings. The van der Waals surface area contributed by atoms with E-state index in [2.05, 4.69) is 5.10 Å². The number of carbonyl (C=O) groups excluding carboxylic acids is 2. The highest BCUT2D eigenvalue weighted by molar-refractivity contribution is 7.89. The third-order valence-electron chi connectivity index (χ3n) is 4.29. The van der Waals surface area contributed by atoms with Crippen molar-refractivity contribution < 1.29 is 27.5 Å². The molecule has 2 aromatic carbocycles. The van der Waals surface area contributed by atoms with Gasteiger partial charge in [0.15, 0.2) is 5.69 Å². The van der Waals surface area contributed by atoms with Gasteiger partial charge in [0.2, 0.25) is 10.0 Å². The van der Waals surface area contributed by atoms with Crippen LogP contribution in [-0.2, 0) is 19.5 Å². The largest absolute Gasteiger partial charge is 0.462 e. The second kappa shape index (κ2) is 9.11. The zero-order valence-electron chi connectivity index (χ0n) is 16.9. The number of hydrogen-bond acceptors (Lipinski definition) is 7. The quantitative estimate of drug-likeness (QED) is 0.555. The van der Waals surface area contributed by atoms with Crippen LogP contribution in [0.5, 0.6) is 0 Å². The number of hydrogen-bond donors (Lipinski definition) is 1. The molecule has 31 heavy (non-hydrogen) atoms. The Morgan fingerprint density at radius 1 is 0.935 bits per heavy atom. The van der Waals surface area contributed by atoms with E-state index in [0.29, 0.717) is 16.9 Å². The molecule has 0 radical (unpaired) electrons. The van der Waals surface area contributed by atoms with E-state index in [1.54, 1.807) is 44.2 Å². The molecule has 0 aliphatic carbocycles. The molecule has 0 bridgehead atoms. The van der Waals surface area contributed by atoms with Crippen molar-refractivity contribution in [3.05, 3.63) is 65.9 Å². The van der Waals surface area contributed by atoms with Crippen LogP contribution in [0.15, 0.2) is 59.5 Å². The molecule has 0 amide bonds. The Labute approximate surface area is 179 Å². The minimum atomic E-state index is -3.89. The Bertz CT molecular complexity index is 1200. The third kappa shape index (κ3) is 4.65. The molecule has 0 saturated heterocycles. The standard InChI is InChI=1S/C21H21N3O6S/c1-3-29-20(25)17-18(21(26)30-4-2)23-24(19(17)14-8-6-5-7-9-14)15-10-12-16(13-11-15)31(22,27)28/h5-13H,3-4H2,1-2H3,(H2,22,27,28). The van der Waals surface area contributed by atoms with E-state index in [1.807, 2.05) is 0 Å². The molecule has 0 fully saturated rings. The fraction of sp³-hybridized carbons (Fsp3) is 0.190. The maximum atomic E-state index is 12.8. The highest BCUT2D eigenvalue weighted by atomic mass is 32.2. The lowest BCUT2D eigenvalue weighted by Gasteiger charge is -2.10. The minimum Gasteiger partial charge on any atom is -0.462 e. The predicted octanol–water partition coefficient (Wildman–Crippen LogP) is 2.54. The number of carbonyl (C=O) groups is 2. The van der Waals surface area contributed by atoms with Crippen molar-refractivity contribution in [3.63, 3.8) is 0 Å². The van der Waals surface area contributed by atoms with E-state index >= 15 is 0 Å². The van der Waals surface area contributed by atoms with Gasteiger partial charge in [-0.15, -0.1) is 0 Å². The molecule has 2 N–H and O–H groups in total. The lowest BCUT2D eigenvalue weighted by atomic mass is 10.1. The van der Waals surface area contributed by atoms with Gasteiger partial charge >= 0.3 is 11.9 Å². The Kier molecular flexibility index (Phi) is 6.52. The van der Waals surface area contributed by atoms with Gasteiger partial charge in [-0.25, -0.2) is 27.8 Å². The number of primary sulfonamides is 1. The maximum absolute atomic E-state index is 12.8. The molecule has 1 heterocycles. The number of nitrogens with two attached hydrogens (primary N) is 1. The molecule has 0 saturated carbocycles. The summed E-state index contributed by atoms with van der Waals surface area (Å²) in [6.45, 7) is 3.49. The van der Waals surface area contributed by atoms with Crippen LogP contribution in [0.1, 0.15) is 34.7 Å². The summed E-state index contributed by atoms with van der Waals surface area (Å²) in [4.78, 5) is 25.3. The van der Waals surface area contributed by atoms with E-state index in [0.717, 1.165) is 0 Å². The first kappa shape index (κ1) is 22.2. The Hall–Kier alpha value is -3.50. The number of aromatic nitrogens is 2. The molecule has 3 rings (SSSR count). The molecule has 1 aromatic heterocycles. The number of nitrogens with zero attached hydrogens (tertiary/aromatic N) is 2. The number of esters is 2. The Morgan fingerprint density at radius 3 is 2.06 bits per heavy atom. The summed E-state index contributed by atoms with van der Waals surface area (Å²) in [6.07, 6.45) is 0. The molecule has 0 atom stereocenters. The molecule has 10 heteroatoms. The Morgan fingerprint density at radius 2 is 1.52 bits per heavy atom. The van der Waals surface area contributed by atoms with E-state index in [4.69, 9.17) is 14.6 Å². The SMILES string of the molecule is CCOC(=O)c1nn(-c2ccc(S(N)(=O)=O)cc2)c(-c2ccccc2)c1C(=O)OCC. The Balaban J connectivity index is 2.30.